The van der Waals surface area contributed by atoms with Crippen molar-refractivity contribution in [2.75, 3.05) is 19.9 Å². The molecule has 1 aliphatic rings. The molecule has 0 unspecified atom stereocenters. The number of carbonyl (C=O) groups excluding carboxylic acids is 1. The first-order chi connectivity index (χ1) is 10.5. The molecule has 1 rings (SSSR count). The Morgan fingerprint density at radius 3 is 2.26 bits per heavy atom. The van der Waals surface area contributed by atoms with Crippen LogP contribution in [0.3, 0.4) is 0 Å². The minimum Gasteiger partial charge on any atom is -0.444 e. The molecule has 0 aromatic carbocycles. The van der Waals surface area contributed by atoms with Crippen molar-refractivity contribution in [3.05, 3.63) is 0 Å². The van der Waals surface area contributed by atoms with Crippen LogP contribution in [-0.4, -0.2) is 51.0 Å². The first-order valence-electron chi connectivity index (χ1n) is 7.76. The summed E-state index contributed by atoms with van der Waals surface area (Å²) in [4.78, 5) is 13.7. The molecule has 7 heteroatoms. The largest absolute Gasteiger partial charge is 0.444 e. The number of amides is 1. The van der Waals surface area contributed by atoms with Crippen LogP contribution in [0.1, 0.15) is 46.5 Å². The lowest BCUT2D eigenvalue weighted by Gasteiger charge is -2.34. The second-order valence-corrected chi connectivity index (χ2v) is 8.53. The Morgan fingerprint density at radius 2 is 1.78 bits per heavy atom. The average Bonchev–Trinajstić information content (AvgIpc) is 2.40. The summed E-state index contributed by atoms with van der Waals surface area (Å²) in [5.74, 6) is 6.02. The third-order valence-electron chi connectivity index (χ3n) is 3.58. The molecule has 0 saturated heterocycles. The highest BCUT2D eigenvalue weighted by Gasteiger charge is 2.28. The number of nitrogens with zero attached hydrogens (tertiary/aromatic N) is 1. The molecule has 1 saturated carbocycles. The molecule has 23 heavy (non-hydrogen) atoms. The molecule has 0 aromatic heterocycles. The number of ether oxygens (including phenoxy) is 1. The van der Waals surface area contributed by atoms with Crippen molar-refractivity contribution in [1.82, 2.24) is 4.90 Å². The van der Waals surface area contributed by atoms with Crippen molar-refractivity contribution in [3.63, 3.8) is 0 Å². The minimum atomic E-state index is -3.43. The zero-order chi connectivity index (χ0) is 17.7. The van der Waals surface area contributed by atoms with E-state index >= 15 is 0 Å². The van der Waals surface area contributed by atoms with Gasteiger partial charge in [-0.05, 0) is 46.5 Å². The summed E-state index contributed by atoms with van der Waals surface area (Å²) in [6, 6.07) is 0.162. The topological polar surface area (TPSA) is 72.9 Å². The summed E-state index contributed by atoms with van der Waals surface area (Å²) in [5.41, 5.74) is -0.492. The van der Waals surface area contributed by atoms with Gasteiger partial charge in [0.15, 0.2) is 0 Å². The molecule has 0 aromatic rings. The number of rotatable bonds is 3. The maximum atomic E-state index is 12.0. The standard InChI is InChI=1S/C16H27NO5S/c1-16(2,3)22-15(18)17(4)14-10-8-13(9-11-14)7-6-12-21-23(5,19)20/h13-14H,8-12H2,1-5H3. The summed E-state index contributed by atoms with van der Waals surface area (Å²) >= 11 is 0. The van der Waals surface area contributed by atoms with Gasteiger partial charge in [0, 0.05) is 19.0 Å². The highest BCUT2D eigenvalue weighted by atomic mass is 32.2. The molecule has 0 radical (unpaired) electrons. The van der Waals surface area contributed by atoms with E-state index in [1.54, 1.807) is 11.9 Å². The maximum Gasteiger partial charge on any atom is 0.410 e. The van der Waals surface area contributed by atoms with E-state index in [-0.39, 0.29) is 24.7 Å². The number of hydrogen-bond donors (Lipinski definition) is 0. The van der Waals surface area contributed by atoms with E-state index in [0.717, 1.165) is 31.9 Å². The van der Waals surface area contributed by atoms with Crippen LogP contribution in [0.25, 0.3) is 0 Å². The van der Waals surface area contributed by atoms with Crippen LogP contribution in [0.4, 0.5) is 4.79 Å². The molecule has 0 aliphatic heterocycles. The third-order valence-corrected chi connectivity index (χ3v) is 4.12. The Bertz CT molecular complexity index is 560. The first kappa shape index (κ1) is 19.8. The Balaban J connectivity index is 2.40. The van der Waals surface area contributed by atoms with Crippen molar-refractivity contribution in [2.45, 2.75) is 58.1 Å². The van der Waals surface area contributed by atoms with Gasteiger partial charge < -0.3 is 9.64 Å². The maximum absolute atomic E-state index is 12.0. The van der Waals surface area contributed by atoms with E-state index in [1.165, 1.54) is 0 Å². The molecular formula is C16H27NO5S. The summed E-state index contributed by atoms with van der Waals surface area (Å²) in [5, 5.41) is 0. The lowest BCUT2D eigenvalue weighted by Crippen LogP contribution is -2.42. The first-order valence-corrected chi connectivity index (χ1v) is 9.58. The molecule has 1 amide bonds. The molecule has 0 heterocycles. The minimum absolute atomic E-state index is 0.101. The van der Waals surface area contributed by atoms with Gasteiger partial charge in [-0.1, -0.05) is 11.8 Å². The second-order valence-electron chi connectivity index (χ2n) is 6.88. The van der Waals surface area contributed by atoms with E-state index in [9.17, 15) is 13.2 Å². The van der Waals surface area contributed by atoms with Crippen LogP contribution in [0, 0.1) is 17.8 Å². The predicted molar refractivity (Wildman–Crippen MR) is 88.3 cm³/mol. The molecule has 1 aliphatic carbocycles. The highest BCUT2D eigenvalue weighted by molar-refractivity contribution is 7.86. The van der Waals surface area contributed by atoms with Crippen molar-refractivity contribution >= 4 is 16.2 Å². The normalized spacial score (nSPS) is 22.0. The van der Waals surface area contributed by atoms with Crippen LogP contribution in [-0.2, 0) is 19.0 Å². The van der Waals surface area contributed by atoms with Gasteiger partial charge in [0.25, 0.3) is 10.1 Å². The third kappa shape index (κ3) is 8.24. The van der Waals surface area contributed by atoms with Crippen LogP contribution in [0.5, 0.6) is 0 Å². The van der Waals surface area contributed by atoms with Gasteiger partial charge in [-0.3, -0.25) is 4.18 Å². The Labute approximate surface area is 139 Å². The number of hydrogen-bond acceptors (Lipinski definition) is 5. The lowest BCUT2D eigenvalue weighted by molar-refractivity contribution is 0.0180. The van der Waals surface area contributed by atoms with Crippen LogP contribution < -0.4 is 0 Å². The van der Waals surface area contributed by atoms with Gasteiger partial charge in [-0.2, -0.15) is 8.42 Å². The van der Waals surface area contributed by atoms with Gasteiger partial charge in [-0.15, -0.1) is 0 Å². The molecule has 0 bridgehead atoms. The molecule has 0 spiro atoms. The number of carbonyl (C=O) groups is 1. The molecular weight excluding hydrogens is 318 g/mol. The van der Waals surface area contributed by atoms with Crippen molar-refractivity contribution in [1.29, 1.82) is 0 Å². The highest BCUT2D eigenvalue weighted by Crippen LogP contribution is 2.27. The Kier molecular flexibility index (Phi) is 6.90. The van der Waals surface area contributed by atoms with Gasteiger partial charge in [0.05, 0.1) is 6.26 Å². The van der Waals surface area contributed by atoms with Gasteiger partial charge >= 0.3 is 6.09 Å². The summed E-state index contributed by atoms with van der Waals surface area (Å²) in [6.45, 7) is 5.45. The van der Waals surface area contributed by atoms with E-state index in [4.69, 9.17) is 4.74 Å². The van der Waals surface area contributed by atoms with Crippen molar-refractivity contribution in [2.24, 2.45) is 5.92 Å². The molecule has 0 N–H and O–H groups in total. The summed E-state index contributed by atoms with van der Waals surface area (Å²) < 4.78 is 31.6. The van der Waals surface area contributed by atoms with Crippen LogP contribution in [0.15, 0.2) is 0 Å². The Hall–Kier alpha value is -1.26. The fourth-order valence-electron chi connectivity index (χ4n) is 2.41. The quantitative estimate of drug-likeness (QED) is 0.580. The SMILES string of the molecule is CN(C(=O)OC(C)(C)C)C1CCC(C#CCOS(C)(=O)=O)CC1. The molecule has 0 atom stereocenters. The Morgan fingerprint density at radius 1 is 1.22 bits per heavy atom. The van der Waals surface area contributed by atoms with E-state index in [2.05, 4.69) is 16.0 Å². The van der Waals surface area contributed by atoms with E-state index in [1.807, 2.05) is 20.8 Å². The smallest absolute Gasteiger partial charge is 0.410 e. The molecule has 1 fully saturated rings. The fraction of sp³-hybridized carbons (Fsp3) is 0.812. The van der Waals surface area contributed by atoms with Gasteiger partial charge in [0.1, 0.15) is 12.2 Å². The second kappa shape index (κ2) is 8.02. The van der Waals surface area contributed by atoms with Crippen LogP contribution >= 0.6 is 0 Å². The average molecular weight is 345 g/mol. The summed E-state index contributed by atoms with van der Waals surface area (Å²) in [6.07, 6.45) is 4.19. The van der Waals surface area contributed by atoms with Crippen molar-refractivity contribution in [3.8, 4) is 11.8 Å². The van der Waals surface area contributed by atoms with E-state index < -0.39 is 15.7 Å². The van der Waals surface area contributed by atoms with Gasteiger partial charge in [0.2, 0.25) is 0 Å². The summed E-state index contributed by atoms with van der Waals surface area (Å²) in [7, 11) is -1.66. The van der Waals surface area contributed by atoms with Crippen molar-refractivity contribution < 1.29 is 22.1 Å². The van der Waals surface area contributed by atoms with E-state index in [0.29, 0.717) is 0 Å². The monoisotopic (exact) mass is 345 g/mol. The predicted octanol–water partition coefficient (Wildman–Crippen LogP) is 2.39. The fourth-order valence-corrected chi connectivity index (χ4v) is 2.69. The zero-order valence-electron chi connectivity index (χ0n) is 14.6. The zero-order valence-corrected chi connectivity index (χ0v) is 15.4. The lowest BCUT2D eigenvalue weighted by atomic mass is 9.86. The molecule has 6 nitrogen and oxygen atoms in total. The van der Waals surface area contributed by atoms with Gasteiger partial charge in [-0.25, -0.2) is 4.79 Å². The molecule has 132 valence electrons. The van der Waals surface area contributed by atoms with Crippen LogP contribution in [0.2, 0.25) is 0 Å².